The summed E-state index contributed by atoms with van der Waals surface area (Å²) in [5.41, 5.74) is -1.65. The number of aliphatic hydroxyl groups is 1. The van der Waals surface area contributed by atoms with E-state index in [9.17, 15) is 18.0 Å². The zero-order valence-electron chi connectivity index (χ0n) is 10.6. The zero-order valence-corrected chi connectivity index (χ0v) is 10.6. The molecule has 1 aromatic rings. The third-order valence-corrected chi connectivity index (χ3v) is 2.50. The van der Waals surface area contributed by atoms with Crippen molar-refractivity contribution in [2.75, 3.05) is 6.61 Å². The van der Waals surface area contributed by atoms with Gasteiger partial charge < -0.3 is 10.4 Å². The summed E-state index contributed by atoms with van der Waals surface area (Å²) in [4.78, 5) is 15.0. The lowest BCUT2D eigenvalue weighted by atomic mass is 10.0. The fraction of sp³-hybridized carbons (Fsp3) is 0.500. The molecular formula is C12H15F3N2O2. The van der Waals surface area contributed by atoms with Crippen molar-refractivity contribution >= 4 is 5.91 Å². The van der Waals surface area contributed by atoms with Crippen molar-refractivity contribution in [1.82, 2.24) is 10.3 Å². The van der Waals surface area contributed by atoms with Crippen LogP contribution in [-0.2, 0) is 6.18 Å². The first-order valence-electron chi connectivity index (χ1n) is 5.62. The zero-order chi connectivity index (χ0) is 14.7. The summed E-state index contributed by atoms with van der Waals surface area (Å²) in [7, 11) is 0. The number of hydrogen-bond acceptors (Lipinski definition) is 3. The average molecular weight is 276 g/mol. The molecule has 0 radical (unpaired) electrons. The van der Waals surface area contributed by atoms with Crippen molar-refractivity contribution in [2.45, 2.75) is 32.0 Å². The fourth-order valence-corrected chi connectivity index (χ4v) is 1.42. The molecule has 0 aliphatic rings. The molecule has 0 atom stereocenters. The van der Waals surface area contributed by atoms with E-state index >= 15 is 0 Å². The molecule has 1 aromatic heterocycles. The maximum absolute atomic E-state index is 12.3. The van der Waals surface area contributed by atoms with Crippen LogP contribution in [0.2, 0.25) is 0 Å². The van der Waals surface area contributed by atoms with Gasteiger partial charge in [-0.25, -0.2) is 0 Å². The van der Waals surface area contributed by atoms with Crippen LogP contribution in [0.1, 0.15) is 36.3 Å². The van der Waals surface area contributed by atoms with Crippen molar-refractivity contribution in [3.8, 4) is 0 Å². The predicted molar refractivity (Wildman–Crippen MR) is 62.5 cm³/mol. The maximum atomic E-state index is 12.3. The number of amides is 1. The summed E-state index contributed by atoms with van der Waals surface area (Å²) in [6.45, 7) is 3.32. The standard InChI is InChI=1S/C12H15F3N2O2/c1-11(2,5-6-18)17-10(19)8-3-4-9(16-7-8)12(13,14)15/h3-4,7,18H,5-6H2,1-2H3,(H,17,19). The van der Waals surface area contributed by atoms with Gasteiger partial charge in [-0.2, -0.15) is 13.2 Å². The van der Waals surface area contributed by atoms with Crippen molar-refractivity contribution in [3.63, 3.8) is 0 Å². The molecular weight excluding hydrogens is 261 g/mol. The summed E-state index contributed by atoms with van der Waals surface area (Å²) < 4.78 is 36.9. The Balaban J connectivity index is 2.79. The number of alkyl halides is 3. The minimum absolute atomic E-state index is 0.0408. The topological polar surface area (TPSA) is 62.2 Å². The minimum atomic E-state index is -4.52. The molecule has 7 heteroatoms. The highest BCUT2D eigenvalue weighted by Crippen LogP contribution is 2.27. The van der Waals surface area contributed by atoms with Gasteiger partial charge in [-0.3, -0.25) is 9.78 Å². The quantitative estimate of drug-likeness (QED) is 0.884. The van der Waals surface area contributed by atoms with E-state index in [4.69, 9.17) is 5.11 Å². The molecule has 1 rings (SSSR count). The second-order valence-corrected chi connectivity index (χ2v) is 4.74. The van der Waals surface area contributed by atoms with Crippen LogP contribution in [-0.4, -0.2) is 28.1 Å². The van der Waals surface area contributed by atoms with Crippen LogP contribution in [0.3, 0.4) is 0 Å². The second kappa shape index (κ2) is 5.56. The molecule has 0 spiro atoms. The fourth-order valence-electron chi connectivity index (χ4n) is 1.42. The van der Waals surface area contributed by atoms with E-state index in [0.29, 0.717) is 6.42 Å². The Morgan fingerprint density at radius 3 is 2.42 bits per heavy atom. The number of carbonyl (C=O) groups excluding carboxylic acids is 1. The Kier molecular flexibility index (Phi) is 4.52. The highest BCUT2D eigenvalue weighted by molar-refractivity contribution is 5.94. The smallest absolute Gasteiger partial charge is 0.396 e. The third kappa shape index (κ3) is 4.51. The molecule has 1 amide bonds. The van der Waals surface area contributed by atoms with E-state index in [0.717, 1.165) is 18.3 Å². The molecule has 0 bridgehead atoms. The Morgan fingerprint density at radius 1 is 1.37 bits per heavy atom. The highest BCUT2D eigenvalue weighted by atomic mass is 19.4. The summed E-state index contributed by atoms with van der Waals surface area (Å²) in [6, 6.07) is 1.83. The number of nitrogens with zero attached hydrogens (tertiary/aromatic N) is 1. The Labute approximate surface area is 108 Å². The van der Waals surface area contributed by atoms with Gasteiger partial charge in [0, 0.05) is 18.3 Å². The predicted octanol–water partition coefficient (Wildman–Crippen LogP) is 1.99. The number of rotatable bonds is 4. The highest BCUT2D eigenvalue weighted by Gasteiger charge is 2.32. The summed E-state index contributed by atoms with van der Waals surface area (Å²) in [5.74, 6) is -0.528. The Morgan fingerprint density at radius 2 is 2.00 bits per heavy atom. The molecule has 0 saturated heterocycles. The normalized spacial score (nSPS) is 12.3. The monoisotopic (exact) mass is 276 g/mol. The molecule has 2 N–H and O–H groups in total. The molecule has 106 valence electrons. The number of aromatic nitrogens is 1. The largest absolute Gasteiger partial charge is 0.433 e. The van der Waals surface area contributed by atoms with Crippen LogP contribution in [0, 0.1) is 0 Å². The first-order chi connectivity index (χ1) is 8.65. The number of pyridine rings is 1. The van der Waals surface area contributed by atoms with Crippen molar-refractivity contribution in [2.24, 2.45) is 0 Å². The van der Waals surface area contributed by atoms with Crippen LogP contribution in [0.15, 0.2) is 18.3 Å². The van der Waals surface area contributed by atoms with Gasteiger partial charge in [-0.1, -0.05) is 0 Å². The average Bonchev–Trinajstić information content (AvgIpc) is 2.27. The van der Waals surface area contributed by atoms with Crippen LogP contribution >= 0.6 is 0 Å². The van der Waals surface area contributed by atoms with Crippen LogP contribution in [0.5, 0.6) is 0 Å². The summed E-state index contributed by atoms with van der Waals surface area (Å²) >= 11 is 0. The SMILES string of the molecule is CC(C)(CCO)NC(=O)c1ccc(C(F)(F)F)nc1. The number of aliphatic hydroxyl groups excluding tert-OH is 1. The number of hydrogen-bond donors (Lipinski definition) is 2. The van der Waals surface area contributed by atoms with E-state index in [2.05, 4.69) is 10.3 Å². The van der Waals surface area contributed by atoms with Crippen LogP contribution in [0.25, 0.3) is 0 Å². The molecule has 0 unspecified atom stereocenters. The van der Waals surface area contributed by atoms with E-state index in [-0.39, 0.29) is 12.2 Å². The maximum Gasteiger partial charge on any atom is 0.433 e. The van der Waals surface area contributed by atoms with Gasteiger partial charge in [0.05, 0.1) is 5.56 Å². The summed E-state index contributed by atoms with van der Waals surface area (Å²) in [5, 5.41) is 11.4. The lowest BCUT2D eigenvalue weighted by Crippen LogP contribution is -2.44. The lowest BCUT2D eigenvalue weighted by molar-refractivity contribution is -0.141. The van der Waals surface area contributed by atoms with Gasteiger partial charge in [-0.05, 0) is 32.4 Å². The molecule has 0 saturated carbocycles. The third-order valence-electron chi connectivity index (χ3n) is 2.50. The van der Waals surface area contributed by atoms with E-state index < -0.39 is 23.3 Å². The van der Waals surface area contributed by atoms with Crippen molar-refractivity contribution in [3.05, 3.63) is 29.6 Å². The number of halogens is 3. The molecule has 19 heavy (non-hydrogen) atoms. The lowest BCUT2D eigenvalue weighted by Gasteiger charge is -2.25. The molecule has 1 heterocycles. The minimum Gasteiger partial charge on any atom is -0.396 e. The van der Waals surface area contributed by atoms with E-state index in [1.807, 2.05) is 0 Å². The molecule has 0 aromatic carbocycles. The van der Waals surface area contributed by atoms with Gasteiger partial charge in [0.15, 0.2) is 0 Å². The first kappa shape index (κ1) is 15.4. The molecule has 0 aliphatic heterocycles. The van der Waals surface area contributed by atoms with Crippen molar-refractivity contribution in [1.29, 1.82) is 0 Å². The number of nitrogens with one attached hydrogen (secondary N) is 1. The van der Waals surface area contributed by atoms with Crippen molar-refractivity contribution < 1.29 is 23.1 Å². The molecule has 4 nitrogen and oxygen atoms in total. The van der Waals surface area contributed by atoms with Crippen LogP contribution < -0.4 is 5.32 Å². The van der Waals surface area contributed by atoms with Gasteiger partial charge >= 0.3 is 6.18 Å². The van der Waals surface area contributed by atoms with Gasteiger partial charge in [0.2, 0.25) is 0 Å². The van der Waals surface area contributed by atoms with Crippen LogP contribution in [0.4, 0.5) is 13.2 Å². The first-order valence-corrected chi connectivity index (χ1v) is 5.62. The molecule has 0 fully saturated rings. The number of carbonyl (C=O) groups is 1. The van der Waals surface area contributed by atoms with Gasteiger partial charge in [0.25, 0.3) is 5.91 Å². The van der Waals surface area contributed by atoms with E-state index in [1.165, 1.54) is 0 Å². The molecule has 0 aliphatic carbocycles. The second-order valence-electron chi connectivity index (χ2n) is 4.74. The summed E-state index contributed by atoms with van der Waals surface area (Å²) in [6.07, 6.45) is -3.30. The Hall–Kier alpha value is -1.63. The van der Waals surface area contributed by atoms with Gasteiger partial charge in [0.1, 0.15) is 5.69 Å². The Bertz CT molecular complexity index is 441. The van der Waals surface area contributed by atoms with Gasteiger partial charge in [-0.15, -0.1) is 0 Å². The van der Waals surface area contributed by atoms with E-state index in [1.54, 1.807) is 13.8 Å².